The van der Waals surface area contributed by atoms with Crippen molar-refractivity contribution in [3.05, 3.63) is 29.8 Å². The Morgan fingerprint density at radius 1 is 1.11 bits per heavy atom. The van der Waals surface area contributed by atoms with Crippen molar-refractivity contribution >= 4 is 29.5 Å². The topological polar surface area (TPSA) is 169 Å². The van der Waals surface area contributed by atoms with Gasteiger partial charge in [0.05, 0.1) is 31.7 Å². The number of morpholine rings is 1. The lowest BCUT2D eigenvalue weighted by atomic mass is 10.0. The van der Waals surface area contributed by atoms with E-state index in [-0.39, 0.29) is 56.0 Å². The standard InChI is InChI=1S/C23H31N5O7/c1-13(2)19-22(32)25-7-9-34-16-6-4-3-5-14(16)21(31)26-15(11-18(29)27-19)23(33)28-8-10-35-17(12-28)20(24)30/h3-6,13,15,17,19H,7-12H2,1-2H3,(H2,24,30)(H,25,32)(H,26,31)(H,27,29)/t15-,17?,19-/m0/s1. The van der Waals surface area contributed by atoms with Gasteiger partial charge in [0, 0.05) is 6.54 Å². The molecule has 2 heterocycles. The molecular formula is C23H31N5O7. The lowest BCUT2D eigenvalue weighted by molar-refractivity contribution is -0.147. The fraction of sp³-hybridized carbons (Fsp3) is 0.522. The van der Waals surface area contributed by atoms with Gasteiger partial charge in [-0.05, 0) is 18.1 Å². The van der Waals surface area contributed by atoms with Crippen LogP contribution < -0.4 is 26.4 Å². The van der Waals surface area contributed by atoms with Gasteiger partial charge in [-0.3, -0.25) is 24.0 Å². The fourth-order valence-corrected chi connectivity index (χ4v) is 3.86. The van der Waals surface area contributed by atoms with Gasteiger partial charge < -0.3 is 36.1 Å². The largest absolute Gasteiger partial charge is 0.491 e. The van der Waals surface area contributed by atoms with E-state index in [0.717, 1.165) is 0 Å². The molecule has 12 nitrogen and oxygen atoms in total. The van der Waals surface area contributed by atoms with Crippen LogP contribution in [-0.2, 0) is 23.9 Å². The summed E-state index contributed by atoms with van der Waals surface area (Å²) in [6.07, 6.45) is -1.40. The summed E-state index contributed by atoms with van der Waals surface area (Å²) in [5.74, 6) is -2.81. The predicted octanol–water partition coefficient (Wildman–Crippen LogP) is -1.46. The lowest BCUT2D eigenvalue weighted by Gasteiger charge is -2.34. The fourth-order valence-electron chi connectivity index (χ4n) is 3.86. The maximum atomic E-state index is 13.4. The first-order valence-corrected chi connectivity index (χ1v) is 11.5. The minimum absolute atomic E-state index is 0.0818. The summed E-state index contributed by atoms with van der Waals surface area (Å²) in [7, 11) is 0. The van der Waals surface area contributed by atoms with Crippen molar-refractivity contribution in [2.24, 2.45) is 11.7 Å². The molecule has 1 saturated heterocycles. The number of fused-ring (bicyclic) bond motifs is 1. The first-order chi connectivity index (χ1) is 16.7. The highest BCUT2D eigenvalue weighted by Crippen LogP contribution is 2.19. The highest BCUT2D eigenvalue weighted by atomic mass is 16.5. The van der Waals surface area contributed by atoms with E-state index in [0.29, 0.717) is 0 Å². The number of primary amides is 1. The Hall–Kier alpha value is -3.67. The van der Waals surface area contributed by atoms with Gasteiger partial charge in [-0.15, -0.1) is 0 Å². The Kier molecular flexibility index (Phi) is 8.63. The molecule has 3 atom stereocenters. The molecule has 2 aliphatic rings. The molecule has 0 radical (unpaired) electrons. The van der Waals surface area contributed by atoms with E-state index < -0.39 is 48.2 Å². The van der Waals surface area contributed by atoms with Gasteiger partial charge in [-0.2, -0.15) is 0 Å². The molecular weight excluding hydrogens is 458 g/mol. The highest BCUT2D eigenvalue weighted by Gasteiger charge is 2.35. The highest BCUT2D eigenvalue weighted by molar-refractivity contribution is 6.01. The lowest BCUT2D eigenvalue weighted by Crippen LogP contribution is -2.57. The van der Waals surface area contributed by atoms with Crippen molar-refractivity contribution in [1.82, 2.24) is 20.9 Å². The number of nitrogens with one attached hydrogen (secondary N) is 3. The van der Waals surface area contributed by atoms with Crippen molar-refractivity contribution in [2.45, 2.75) is 38.5 Å². The molecule has 2 aliphatic heterocycles. The molecule has 12 heteroatoms. The summed E-state index contributed by atoms with van der Waals surface area (Å²) >= 11 is 0. The Balaban J connectivity index is 1.90. The summed E-state index contributed by atoms with van der Waals surface area (Å²) in [5, 5.41) is 8.00. The monoisotopic (exact) mass is 489 g/mol. The molecule has 35 heavy (non-hydrogen) atoms. The van der Waals surface area contributed by atoms with E-state index in [9.17, 15) is 24.0 Å². The van der Waals surface area contributed by atoms with Crippen LogP contribution in [-0.4, -0.2) is 85.5 Å². The van der Waals surface area contributed by atoms with Crippen LogP contribution in [0.15, 0.2) is 24.3 Å². The Morgan fingerprint density at radius 2 is 1.86 bits per heavy atom. The number of hydrogen-bond donors (Lipinski definition) is 4. The second-order valence-electron chi connectivity index (χ2n) is 8.70. The van der Waals surface area contributed by atoms with Crippen LogP contribution in [0.5, 0.6) is 5.75 Å². The Bertz CT molecular complexity index is 983. The van der Waals surface area contributed by atoms with E-state index in [1.807, 2.05) is 0 Å². The number of rotatable bonds is 3. The summed E-state index contributed by atoms with van der Waals surface area (Å²) < 4.78 is 11.0. The van der Waals surface area contributed by atoms with Crippen LogP contribution in [0.4, 0.5) is 0 Å². The number of carbonyl (C=O) groups excluding carboxylic acids is 5. The predicted molar refractivity (Wildman–Crippen MR) is 123 cm³/mol. The SMILES string of the molecule is CC(C)[C@@H]1NC(=O)C[C@@H](C(=O)N2CCOC(C(N)=O)C2)NC(=O)c2ccccc2OCCNC1=O. The van der Waals surface area contributed by atoms with Crippen LogP contribution in [0, 0.1) is 5.92 Å². The van der Waals surface area contributed by atoms with Crippen LogP contribution in [0.1, 0.15) is 30.6 Å². The van der Waals surface area contributed by atoms with Gasteiger partial charge in [0.2, 0.25) is 23.6 Å². The maximum Gasteiger partial charge on any atom is 0.255 e. The third-order valence-corrected chi connectivity index (χ3v) is 5.74. The van der Waals surface area contributed by atoms with Crippen molar-refractivity contribution in [3.8, 4) is 5.75 Å². The number of hydrogen-bond acceptors (Lipinski definition) is 7. The Labute approximate surface area is 202 Å². The third-order valence-electron chi connectivity index (χ3n) is 5.74. The van der Waals surface area contributed by atoms with Crippen LogP contribution >= 0.6 is 0 Å². The summed E-state index contributed by atoms with van der Waals surface area (Å²) in [4.78, 5) is 64.9. The van der Waals surface area contributed by atoms with Gasteiger partial charge in [-0.25, -0.2) is 0 Å². The zero-order valence-electron chi connectivity index (χ0n) is 19.7. The second kappa shape index (κ2) is 11.6. The number of amides is 5. The number of para-hydroxylation sites is 1. The van der Waals surface area contributed by atoms with Crippen molar-refractivity contribution < 1.29 is 33.4 Å². The summed E-state index contributed by atoms with van der Waals surface area (Å²) in [6.45, 7) is 3.97. The first-order valence-electron chi connectivity index (χ1n) is 11.5. The summed E-state index contributed by atoms with van der Waals surface area (Å²) in [5.41, 5.74) is 5.49. The average Bonchev–Trinajstić information content (AvgIpc) is 2.83. The first kappa shape index (κ1) is 25.9. The zero-order valence-corrected chi connectivity index (χ0v) is 19.7. The van der Waals surface area contributed by atoms with Gasteiger partial charge >= 0.3 is 0 Å². The number of benzene rings is 1. The molecule has 1 unspecified atom stereocenters. The quantitative estimate of drug-likeness (QED) is 0.402. The maximum absolute atomic E-state index is 13.4. The molecule has 1 fully saturated rings. The number of carbonyl (C=O) groups is 5. The molecule has 3 rings (SSSR count). The normalized spacial score (nSPS) is 24.3. The number of ether oxygens (including phenoxy) is 2. The van der Waals surface area contributed by atoms with Crippen molar-refractivity contribution in [3.63, 3.8) is 0 Å². The van der Waals surface area contributed by atoms with Crippen LogP contribution in [0.3, 0.4) is 0 Å². The zero-order chi connectivity index (χ0) is 25.5. The van der Waals surface area contributed by atoms with Crippen molar-refractivity contribution in [2.75, 3.05) is 32.8 Å². The van der Waals surface area contributed by atoms with E-state index in [1.54, 1.807) is 32.0 Å². The van der Waals surface area contributed by atoms with Gasteiger partial charge in [0.25, 0.3) is 5.91 Å². The number of nitrogens with two attached hydrogens (primary N) is 1. The minimum atomic E-state index is -1.26. The molecule has 1 aromatic carbocycles. The molecule has 0 aromatic heterocycles. The summed E-state index contributed by atoms with van der Waals surface area (Å²) in [6, 6.07) is 4.36. The molecule has 5 N–H and O–H groups in total. The molecule has 5 amide bonds. The molecule has 1 aromatic rings. The smallest absolute Gasteiger partial charge is 0.255 e. The molecule has 0 saturated carbocycles. The third kappa shape index (κ3) is 6.69. The minimum Gasteiger partial charge on any atom is -0.491 e. The molecule has 0 spiro atoms. The average molecular weight is 490 g/mol. The van der Waals surface area contributed by atoms with E-state index in [1.165, 1.54) is 11.0 Å². The second-order valence-corrected chi connectivity index (χ2v) is 8.70. The van der Waals surface area contributed by atoms with Crippen LogP contribution in [0.2, 0.25) is 0 Å². The van der Waals surface area contributed by atoms with E-state index in [2.05, 4.69) is 16.0 Å². The number of nitrogens with zero attached hydrogens (tertiary/aromatic N) is 1. The van der Waals surface area contributed by atoms with Gasteiger partial charge in [0.1, 0.15) is 24.4 Å². The van der Waals surface area contributed by atoms with Crippen molar-refractivity contribution in [1.29, 1.82) is 0 Å². The molecule has 0 bridgehead atoms. The van der Waals surface area contributed by atoms with E-state index in [4.69, 9.17) is 15.2 Å². The Morgan fingerprint density at radius 3 is 2.57 bits per heavy atom. The molecule has 190 valence electrons. The van der Waals surface area contributed by atoms with E-state index >= 15 is 0 Å². The molecule has 0 aliphatic carbocycles. The van der Waals surface area contributed by atoms with Gasteiger partial charge in [0.15, 0.2) is 6.10 Å². The van der Waals surface area contributed by atoms with Crippen LogP contribution in [0.25, 0.3) is 0 Å². The van der Waals surface area contributed by atoms with Gasteiger partial charge in [-0.1, -0.05) is 26.0 Å².